The second-order valence-electron chi connectivity index (χ2n) is 5.22. The van der Waals surface area contributed by atoms with E-state index in [-0.39, 0.29) is 17.2 Å². The maximum atomic E-state index is 13.7. The summed E-state index contributed by atoms with van der Waals surface area (Å²) in [6.45, 7) is 0.224. The van der Waals surface area contributed by atoms with E-state index in [1.807, 2.05) is 18.2 Å². The summed E-state index contributed by atoms with van der Waals surface area (Å²) in [6, 6.07) is 9.35. The van der Waals surface area contributed by atoms with Gasteiger partial charge in [-0.25, -0.2) is 17.5 Å². The first-order valence-corrected chi connectivity index (χ1v) is 9.74. The van der Waals surface area contributed by atoms with Gasteiger partial charge in [-0.05, 0) is 42.8 Å². The number of halogens is 1. The van der Waals surface area contributed by atoms with Crippen molar-refractivity contribution in [2.75, 3.05) is 13.7 Å². The Labute approximate surface area is 149 Å². The fraction of sp³-hybridized carbons (Fsp3) is 0.176. The summed E-state index contributed by atoms with van der Waals surface area (Å²) < 4.78 is 50.5. The van der Waals surface area contributed by atoms with E-state index in [0.717, 1.165) is 21.4 Å². The van der Waals surface area contributed by atoms with Crippen LogP contribution in [0.1, 0.15) is 4.88 Å². The van der Waals surface area contributed by atoms with Gasteiger partial charge < -0.3 is 9.15 Å². The molecule has 5 nitrogen and oxygen atoms in total. The molecule has 0 aliphatic heterocycles. The van der Waals surface area contributed by atoms with Crippen LogP contribution in [0.25, 0.3) is 10.4 Å². The molecule has 3 rings (SSSR count). The van der Waals surface area contributed by atoms with Gasteiger partial charge >= 0.3 is 0 Å². The number of ether oxygens (including phenoxy) is 1. The lowest BCUT2D eigenvalue weighted by atomic mass is 10.3. The standard InChI is InChI=1S/C17H16FNO4S2/c1-22-16-4-3-14(10-15(16)18)25(20,21)19-8-6-13-2-5-17(24-13)12-7-9-23-11-12/h2-5,7,9-11,19H,6,8H2,1H3. The average molecular weight is 381 g/mol. The Morgan fingerprint density at radius 1 is 1.24 bits per heavy atom. The molecule has 0 bridgehead atoms. The molecule has 1 aromatic carbocycles. The van der Waals surface area contributed by atoms with Gasteiger partial charge in [0.05, 0.1) is 24.5 Å². The zero-order valence-electron chi connectivity index (χ0n) is 13.4. The maximum Gasteiger partial charge on any atom is 0.240 e. The molecule has 0 radical (unpaired) electrons. The molecule has 2 aromatic heterocycles. The highest BCUT2D eigenvalue weighted by Gasteiger charge is 2.16. The number of sulfonamides is 1. The average Bonchev–Trinajstić information content (AvgIpc) is 3.26. The van der Waals surface area contributed by atoms with E-state index in [9.17, 15) is 12.8 Å². The van der Waals surface area contributed by atoms with Crippen molar-refractivity contribution in [2.45, 2.75) is 11.3 Å². The molecule has 132 valence electrons. The molecule has 25 heavy (non-hydrogen) atoms. The van der Waals surface area contributed by atoms with Crippen LogP contribution in [0.5, 0.6) is 5.75 Å². The number of hydrogen-bond donors (Lipinski definition) is 1. The molecule has 0 aliphatic rings. The van der Waals surface area contributed by atoms with Crippen molar-refractivity contribution in [1.29, 1.82) is 0 Å². The molecular formula is C17H16FNO4S2. The molecule has 0 saturated heterocycles. The van der Waals surface area contributed by atoms with Crippen LogP contribution in [0.2, 0.25) is 0 Å². The summed E-state index contributed by atoms with van der Waals surface area (Å²) in [7, 11) is -2.45. The normalized spacial score (nSPS) is 11.6. The Hall–Kier alpha value is -2.16. The first-order valence-electron chi connectivity index (χ1n) is 7.44. The Morgan fingerprint density at radius 2 is 2.08 bits per heavy atom. The van der Waals surface area contributed by atoms with Gasteiger partial charge in [0.15, 0.2) is 11.6 Å². The summed E-state index contributed by atoms with van der Waals surface area (Å²) in [5, 5.41) is 0. The van der Waals surface area contributed by atoms with E-state index in [1.54, 1.807) is 23.9 Å². The van der Waals surface area contributed by atoms with Crippen molar-refractivity contribution in [3.05, 3.63) is 59.6 Å². The van der Waals surface area contributed by atoms with E-state index in [0.29, 0.717) is 6.42 Å². The number of nitrogens with one attached hydrogen (secondary N) is 1. The number of methoxy groups -OCH3 is 1. The minimum Gasteiger partial charge on any atom is -0.494 e. The lowest BCUT2D eigenvalue weighted by molar-refractivity contribution is 0.385. The van der Waals surface area contributed by atoms with Gasteiger partial charge in [0.25, 0.3) is 0 Å². The Bertz CT molecular complexity index is 949. The van der Waals surface area contributed by atoms with Crippen molar-refractivity contribution in [3.63, 3.8) is 0 Å². The van der Waals surface area contributed by atoms with Crippen LogP contribution in [0.15, 0.2) is 58.2 Å². The molecule has 0 amide bonds. The van der Waals surface area contributed by atoms with Crippen LogP contribution in [-0.4, -0.2) is 22.1 Å². The Balaban J connectivity index is 1.62. The number of thiophene rings is 1. The summed E-state index contributed by atoms with van der Waals surface area (Å²) in [4.78, 5) is 1.97. The third-order valence-electron chi connectivity index (χ3n) is 3.56. The Kier molecular flexibility index (Phi) is 5.22. The van der Waals surface area contributed by atoms with Gasteiger partial charge in [0, 0.05) is 21.9 Å². The molecule has 3 aromatic rings. The highest BCUT2D eigenvalue weighted by molar-refractivity contribution is 7.89. The molecule has 0 fully saturated rings. The van der Waals surface area contributed by atoms with Crippen LogP contribution in [-0.2, 0) is 16.4 Å². The number of rotatable bonds is 7. The van der Waals surface area contributed by atoms with Gasteiger partial charge in [-0.3, -0.25) is 0 Å². The topological polar surface area (TPSA) is 68.5 Å². The minimum atomic E-state index is -3.77. The second-order valence-corrected chi connectivity index (χ2v) is 8.16. The maximum absolute atomic E-state index is 13.7. The van der Waals surface area contributed by atoms with Gasteiger partial charge in [-0.15, -0.1) is 11.3 Å². The zero-order valence-corrected chi connectivity index (χ0v) is 15.0. The molecule has 0 atom stereocenters. The summed E-state index contributed by atoms with van der Waals surface area (Å²) in [5.41, 5.74) is 0.991. The quantitative estimate of drug-likeness (QED) is 0.678. The number of benzene rings is 1. The third-order valence-corrected chi connectivity index (χ3v) is 6.22. The van der Waals surface area contributed by atoms with E-state index >= 15 is 0 Å². The minimum absolute atomic E-state index is 0.00399. The molecule has 0 spiro atoms. The van der Waals surface area contributed by atoms with E-state index in [4.69, 9.17) is 9.15 Å². The first-order chi connectivity index (χ1) is 12.0. The van der Waals surface area contributed by atoms with E-state index < -0.39 is 15.8 Å². The van der Waals surface area contributed by atoms with Gasteiger partial charge in [0.1, 0.15) is 0 Å². The van der Waals surface area contributed by atoms with Crippen molar-refractivity contribution in [1.82, 2.24) is 4.72 Å². The number of hydrogen-bond acceptors (Lipinski definition) is 5. The van der Waals surface area contributed by atoms with Crippen molar-refractivity contribution >= 4 is 21.4 Å². The molecule has 8 heteroatoms. The molecule has 0 aliphatic carbocycles. The van der Waals surface area contributed by atoms with Crippen LogP contribution < -0.4 is 9.46 Å². The first kappa shape index (κ1) is 17.7. The fourth-order valence-electron chi connectivity index (χ4n) is 2.28. The molecule has 2 heterocycles. The van der Waals surface area contributed by atoms with E-state index in [1.165, 1.54) is 19.2 Å². The molecular weight excluding hydrogens is 365 g/mol. The molecule has 1 N–H and O–H groups in total. The molecule has 0 unspecified atom stereocenters. The highest BCUT2D eigenvalue weighted by atomic mass is 32.2. The van der Waals surface area contributed by atoms with Crippen LogP contribution in [0.4, 0.5) is 4.39 Å². The predicted molar refractivity (Wildman–Crippen MR) is 93.9 cm³/mol. The monoisotopic (exact) mass is 381 g/mol. The smallest absolute Gasteiger partial charge is 0.240 e. The molecule has 0 saturated carbocycles. The van der Waals surface area contributed by atoms with Crippen molar-refractivity contribution in [2.24, 2.45) is 0 Å². The van der Waals surface area contributed by atoms with Gasteiger partial charge in [-0.2, -0.15) is 0 Å². The van der Waals surface area contributed by atoms with Crippen molar-refractivity contribution < 1.29 is 22.0 Å². The predicted octanol–water partition coefficient (Wildman–Crippen LogP) is 3.68. The lowest BCUT2D eigenvalue weighted by Crippen LogP contribution is -2.25. The third kappa shape index (κ3) is 4.09. The fourth-order valence-corrected chi connectivity index (χ4v) is 4.31. The van der Waals surface area contributed by atoms with Crippen LogP contribution in [0.3, 0.4) is 0 Å². The SMILES string of the molecule is COc1ccc(S(=O)(=O)NCCc2ccc(-c3ccoc3)s2)cc1F. The second kappa shape index (κ2) is 7.38. The van der Waals surface area contributed by atoms with E-state index in [2.05, 4.69) is 4.72 Å². The number of furan rings is 1. The lowest BCUT2D eigenvalue weighted by Gasteiger charge is -2.08. The Morgan fingerprint density at radius 3 is 2.76 bits per heavy atom. The summed E-state index contributed by atoms with van der Waals surface area (Å²) >= 11 is 1.57. The summed E-state index contributed by atoms with van der Waals surface area (Å²) in [6.07, 6.45) is 3.81. The highest BCUT2D eigenvalue weighted by Crippen LogP contribution is 2.28. The summed E-state index contributed by atoms with van der Waals surface area (Å²) in [5.74, 6) is -0.710. The van der Waals surface area contributed by atoms with Gasteiger partial charge in [0.2, 0.25) is 10.0 Å². The largest absolute Gasteiger partial charge is 0.494 e. The van der Waals surface area contributed by atoms with Crippen LogP contribution in [0, 0.1) is 5.82 Å². The van der Waals surface area contributed by atoms with Gasteiger partial charge in [-0.1, -0.05) is 0 Å². The van der Waals surface area contributed by atoms with Crippen molar-refractivity contribution in [3.8, 4) is 16.2 Å². The van der Waals surface area contributed by atoms with Crippen LogP contribution >= 0.6 is 11.3 Å². The zero-order chi connectivity index (χ0) is 17.9.